The fourth-order valence-corrected chi connectivity index (χ4v) is 4.84. The summed E-state index contributed by atoms with van der Waals surface area (Å²) in [5.41, 5.74) is 2.47. The molecule has 1 aliphatic carbocycles. The number of carbonyl (C=O) groups is 3. The van der Waals surface area contributed by atoms with Crippen LogP contribution in [0.2, 0.25) is 0 Å². The Morgan fingerprint density at radius 3 is 2.06 bits per heavy atom. The van der Waals surface area contributed by atoms with E-state index in [9.17, 15) is 14.4 Å². The Balaban J connectivity index is 1.50. The molecule has 0 spiro atoms. The molecule has 1 aromatic heterocycles. The molecule has 5 rings (SSSR count). The highest BCUT2D eigenvalue weighted by Gasteiger charge is 2.54. The molecule has 1 N–H and O–H groups in total. The Hall–Kier alpha value is -3.67. The average molecular weight is 428 g/mol. The second-order valence-electron chi connectivity index (χ2n) is 8.61. The maximum Gasteiger partial charge on any atom is 0.325 e. The molecule has 3 aromatic rings. The second-order valence-corrected chi connectivity index (χ2v) is 8.61. The number of imide groups is 1. The van der Waals surface area contributed by atoms with Crippen LogP contribution in [0.25, 0.3) is 0 Å². The van der Waals surface area contributed by atoms with Gasteiger partial charge in [0.2, 0.25) is 0 Å². The summed E-state index contributed by atoms with van der Waals surface area (Å²) in [6, 6.07) is 20.1. The maximum atomic E-state index is 13.8. The van der Waals surface area contributed by atoms with Crippen LogP contribution in [0.4, 0.5) is 4.79 Å². The van der Waals surface area contributed by atoms with Gasteiger partial charge in [0.1, 0.15) is 0 Å². The van der Waals surface area contributed by atoms with Crippen molar-refractivity contribution < 1.29 is 14.4 Å². The minimum atomic E-state index is -1.36. The quantitative estimate of drug-likeness (QED) is 0.475. The fraction of sp³-hybridized carbons (Fsp3) is 0.269. The van der Waals surface area contributed by atoms with Gasteiger partial charge in [0, 0.05) is 23.0 Å². The van der Waals surface area contributed by atoms with Crippen LogP contribution >= 0.6 is 0 Å². The molecule has 162 valence electrons. The van der Waals surface area contributed by atoms with Gasteiger partial charge in [0.05, 0.1) is 6.54 Å². The number of carbonyl (C=O) groups excluding carboxylic acids is 3. The van der Waals surface area contributed by atoms with Crippen molar-refractivity contribution in [1.29, 1.82) is 0 Å². The molecule has 1 saturated carbocycles. The number of ketones is 1. The van der Waals surface area contributed by atoms with E-state index in [0.717, 1.165) is 29.1 Å². The summed E-state index contributed by atoms with van der Waals surface area (Å²) in [5.74, 6) is -0.672. The Morgan fingerprint density at radius 1 is 0.969 bits per heavy atom. The van der Waals surface area contributed by atoms with E-state index in [1.165, 1.54) is 0 Å². The van der Waals surface area contributed by atoms with E-state index < -0.39 is 17.5 Å². The Morgan fingerprint density at radius 2 is 1.53 bits per heavy atom. The van der Waals surface area contributed by atoms with Crippen molar-refractivity contribution in [3.8, 4) is 0 Å². The fourth-order valence-electron chi connectivity index (χ4n) is 4.84. The van der Waals surface area contributed by atoms with Crippen LogP contribution in [0, 0.1) is 13.8 Å². The molecule has 2 fully saturated rings. The third-order valence-electron chi connectivity index (χ3n) is 6.52. The number of hydrogen-bond acceptors (Lipinski definition) is 3. The second kappa shape index (κ2) is 7.48. The van der Waals surface area contributed by atoms with Crippen LogP contribution in [-0.2, 0) is 10.3 Å². The number of urea groups is 1. The smallest absolute Gasteiger partial charge is 0.325 e. The van der Waals surface area contributed by atoms with Gasteiger partial charge < -0.3 is 9.88 Å². The normalized spacial score (nSPS) is 17.5. The first kappa shape index (κ1) is 20.2. The van der Waals surface area contributed by atoms with Crippen LogP contribution in [0.3, 0.4) is 0 Å². The summed E-state index contributed by atoms with van der Waals surface area (Å²) in [6.07, 6.45) is 2.24. The van der Waals surface area contributed by atoms with Crippen LogP contribution in [0.15, 0.2) is 66.7 Å². The lowest BCUT2D eigenvalue weighted by molar-refractivity contribution is -0.129. The third-order valence-corrected chi connectivity index (χ3v) is 6.52. The zero-order chi connectivity index (χ0) is 22.5. The van der Waals surface area contributed by atoms with Gasteiger partial charge in [-0.05, 0) is 43.9 Å². The number of benzene rings is 2. The highest BCUT2D eigenvalue weighted by molar-refractivity contribution is 6.13. The minimum Gasteiger partial charge on any atom is -0.345 e. The maximum absolute atomic E-state index is 13.8. The van der Waals surface area contributed by atoms with Gasteiger partial charge in [-0.3, -0.25) is 14.5 Å². The molecular formula is C26H25N3O3. The monoisotopic (exact) mass is 427 g/mol. The van der Waals surface area contributed by atoms with Gasteiger partial charge in [-0.1, -0.05) is 60.7 Å². The van der Waals surface area contributed by atoms with Crippen LogP contribution in [0.5, 0.6) is 0 Å². The summed E-state index contributed by atoms with van der Waals surface area (Å²) in [4.78, 5) is 41.1. The molecule has 1 saturated heterocycles. The van der Waals surface area contributed by atoms with E-state index in [1.807, 2.05) is 80.6 Å². The standard InChI is InChI=1S/C26H25N3O3/c1-17-15-22(18(2)29(17)21-13-14-21)23(30)16-28-24(31)26(27-25(28)32,19-9-5-3-6-10-19)20-11-7-4-8-12-20/h3-12,15,21H,13-14,16H2,1-2H3,(H,27,32). The lowest BCUT2D eigenvalue weighted by atomic mass is 9.82. The number of aryl methyl sites for hydroxylation is 1. The molecule has 0 atom stereocenters. The third kappa shape index (κ3) is 3.06. The average Bonchev–Trinajstić information content (AvgIpc) is 3.55. The van der Waals surface area contributed by atoms with E-state index in [4.69, 9.17) is 0 Å². The minimum absolute atomic E-state index is 0.231. The number of nitrogens with one attached hydrogen (secondary N) is 1. The van der Waals surface area contributed by atoms with Gasteiger partial charge in [0.15, 0.2) is 11.3 Å². The molecule has 0 radical (unpaired) electrons. The molecule has 0 bridgehead atoms. The summed E-state index contributed by atoms with van der Waals surface area (Å²) in [7, 11) is 0. The predicted octanol–water partition coefficient (Wildman–Crippen LogP) is 4.12. The van der Waals surface area contributed by atoms with Gasteiger partial charge in [-0.15, -0.1) is 0 Å². The van der Waals surface area contributed by atoms with Gasteiger partial charge in [0.25, 0.3) is 5.91 Å². The van der Waals surface area contributed by atoms with Crippen molar-refractivity contribution >= 4 is 17.7 Å². The van der Waals surface area contributed by atoms with Crippen molar-refractivity contribution in [3.05, 3.63) is 94.8 Å². The largest absolute Gasteiger partial charge is 0.345 e. The Kier molecular flexibility index (Phi) is 4.73. The van der Waals surface area contributed by atoms with E-state index in [1.54, 1.807) is 0 Å². The van der Waals surface area contributed by atoms with E-state index in [0.29, 0.717) is 22.7 Å². The highest BCUT2D eigenvalue weighted by atomic mass is 16.2. The molecule has 2 aliphatic rings. The Bertz CT molecular complexity index is 1170. The summed E-state index contributed by atoms with van der Waals surface area (Å²) < 4.78 is 2.19. The van der Waals surface area contributed by atoms with E-state index in [2.05, 4.69) is 9.88 Å². The van der Waals surface area contributed by atoms with E-state index >= 15 is 0 Å². The van der Waals surface area contributed by atoms with Crippen molar-refractivity contribution in [2.75, 3.05) is 6.54 Å². The molecule has 32 heavy (non-hydrogen) atoms. The molecule has 1 aliphatic heterocycles. The van der Waals surface area contributed by atoms with Crippen LogP contribution < -0.4 is 5.32 Å². The molecule has 3 amide bonds. The van der Waals surface area contributed by atoms with Crippen molar-refractivity contribution in [2.24, 2.45) is 0 Å². The zero-order valence-corrected chi connectivity index (χ0v) is 18.2. The summed E-state index contributed by atoms with van der Waals surface area (Å²) in [6.45, 7) is 3.63. The predicted molar refractivity (Wildman–Crippen MR) is 120 cm³/mol. The first-order chi connectivity index (χ1) is 15.4. The van der Waals surface area contributed by atoms with Crippen molar-refractivity contribution in [1.82, 2.24) is 14.8 Å². The molecule has 2 heterocycles. The molecular weight excluding hydrogens is 402 g/mol. The summed E-state index contributed by atoms with van der Waals surface area (Å²) >= 11 is 0. The Labute approximate surface area is 186 Å². The van der Waals surface area contributed by atoms with Crippen molar-refractivity contribution in [3.63, 3.8) is 0 Å². The number of hydrogen-bond donors (Lipinski definition) is 1. The highest BCUT2D eigenvalue weighted by Crippen LogP contribution is 2.39. The number of nitrogens with zero attached hydrogens (tertiary/aromatic N) is 2. The topological polar surface area (TPSA) is 71.4 Å². The number of amides is 3. The summed E-state index contributed by atoms with van der Waals surface area (Å²) in [5, 5.41) is 2.90. The van der Waals surface area contributed by atoms with Crippen LogP contribution in [0.1, 0.15) is 51.8 Å². The molecule has 2 aromatic carbocycles. The molecule has 0 unspecified atom stereocenters. The van der Waals surface area contributed by atoms with E-state index in [-0.39, 0.29) is 12.3 Å². The SMILES string of the molecule is Cc1cc(C(=O)CN2C(=O)NC(c3ccccc3)(c3ccccc3)C2=O)c(C)n1C1CC1. The number of aromatic nitrogens is 1. The first-order valence-electron chi connectivity index (χ1n) is 10.9. The van der Waals surface area contributed by atoms with Gasteiger partial charge >= 0.3 is 6.03 Å². The zero-order valence-electron chi connectivity index (χ0n) is 18.2. The van der Waals surface area contributed by atoms with Gasteiger partial charge in [-0.25, -0.2) is 4.79 Å². The van der Waals surface area contributed by atoms with Crippen molar-refractivity contribution in [2.45, 2.75) is 38.3 Å². The number of Topliss-reactive ketones (excluding diaryl/α,β-unsaturated/α-hetero) is 1. The molecule has 6 nitrogen and oxygen atoms in total. The van der Waals surface area contributed by atoms with Crippen LogP contribution in [-0.4, -0.2) is 33.7 Å². The lowest BCUT2D eigenvalue weighted by Gasteiger charge is -2.28. The number of rotatable bonds is 6. The molecule has 6 heteroatoms. The van der Waals surface area contributed by atoms with Gasteiger partial charge in [-0.2, -0.15) is 0 Å². The first-order valence-corrected chi connectivity index (χ1v) is 10.9. The lowest BCUT2D eigenvalue weighted by Crippen LogP contribution is -2.45.